The van der Waals surface area contributed by atoms with Crippen molar-refractivity contribution >= 4 is 17.9 Å². The molecule has 1 aromatic rings. The molecule has 0 spiro atoms. The first-order valence-corrected chi connectivity index (χ1v) is 12.1. The fourth-order valence-electron chi connectivity index (χ4n) is 3.52. The summed E-state index contributed by atoms with van der Waals surface area (Å²) < 4.78 is 5.31. The van der Waals surface area contributed by atoms with Crippen molar-refractivity contribution in [1.29, 1.82) is 0 Å². The molecule has 3 amide bonds. The quantitative estimate of drug-likeness (QED) is 0.431. The molecule has 0 aliphatic heterocycles. The Bertz CT molecular complexity index is 744. The minimum atomic E-state index is -0.839. The van der Waals surface area contributed by atoms with E-state index >= 15 is 0 Å². The van der Waals surface area contributed by atoms with Crippen molar-refractivity contribution in [2.75, 3.05) is 6.54 Å². The summed E-state index contributed by atoms with van der Waals surface area (Å²) in [7, 11) is 0. The van der Waals surface area contributed by atoms with Crippen molar-refractivity contribution in [3.63, 3.8) is 0 Å². The first-order valence-electron chi connectivity index (χ1n) is 12.1. The van der Waals surface area contributed by atoms with Crippen LogP contribution in [0.25, 0.3) is 0 Å². The molecule has 2 atom stereocenters. The summed E-state index contributed by atoms with van der Waals surface area (Å²) in [6.45, 7) is 13.3. The molecular formula is C26H43N3O4. The van der Waals surface area contributed by atoms with Gasteiger partial charge in [0.05, 0.1) is 0 Å². The molecular weight excluding hydrogens is 418 g/mol. The van der Waals surface area contributed by atoms with E-state index in [9.17, 15) is 14.4 Å². The van der Waals surface area contributed by atoms with Gasteiger partial charge in [0.25, 0.3) is 0 Å². The number of nitrogens with zero attached hydrogens (tertiary/aromatic N) is 1. The largest absolute Gasteiger partial charge is 0.444 e. The minimum absolute atomic E-state index is 0.0671. The van der Waals surface area contributed by atoms with Crippen molar-refractivity contribution in [2.24, 2.45) is 0 Å². The number of unbranched alkanes of at least 4 members (excludes halogenated alkanes) is 4. The Morgan fingerprint density at radius 3 is 2.09 bits per heavy atom. The number of nitrogens with one attached hydrogen (secondary N) is 2. The Morgan fingerprint density at radius 1 is 0.939 bits per heavy atom. The van der Waals surface area contributed by atoms with E-state index in [1.807, 2.05) is 44.2 Å². The van der Waals surface area contributed by atoms with Crippen LogP contribution < -0.4 is 10.6 Å². The summed E-state index contributed by atoms with van der Waals surface area (Å²) in [5, 5.41) is 5.58. The summed E-state index contributed by atoms with van der Waals surface area (Å²) in [5.41, 5.74) is 0.0669. The molecule has 0 aromatic heterocycles. The van der Waals surface area contributed by atoms with E-state index in [1.54, 1.807) is 32.6 Å². The van der Waals surface area contributed by atoms with Gasteiger partial charge in [-0.05, 0) is 53.5 Å². The number of alkyl carbamates (subject to hydrolysis) is 1. The normalized spacial score (nSPS) is 13.2. The summed E-state index contributed by atoms with van der Waals surface area (Å²) in [4.78, 5) is 40.7. The standard InChI is InChI=1S/C26H43N3O4/c1-8-9-10-11-15-18-29(24(31)20(4)28-25(32)33-26(5,6)7)22(23(30)27-19(2)3)21-16-13-12-14-17-21/h12-14,16-17,19-20,22H,8-11,15,18H2,1-7H3,(H,27,30)(H,28,32). The molecule has 0 bridgehead atoms. The average molecular weight is 462 g/mol. The lowest BCUT2D eigenvalue weighted by molar-refractivity contribution is -0.142. The Morgan fingerprint density at radius 2 is 1.55 bits per heavy atom. The summed E-state index contributed by atoms with van der Waals surface area (Å²) in [6, 6.07) is 7.62. The third kappa shape index (κ3) is 10.7. The Hall–Kier alpha value is -2.57. The van der Waals surface area contributed by atoms with Crippen LogP contribution in [0.5, 0.6) is 0 Å². The maximum atomic E-state index is 13.5. The monoisotopic (exact) mass is 461 g/mol. The lowest BCUT2D eigenvalue weighted by Crippen LogP contribution is -2.52. The number of carbonyl (C=O) groups excluding carboxylic acids is 3. The highest BCUT2D eigenvalue weighted by Crippen LogP contribution is 2.24. The second-order valence-electron chi connectivity index (χ2n) is 9.79. The molecule has 0 fully saturated rings. The highest BCUT2D eigenvalue weighted by Gasteiger charge is 2.34. The molecule has 0 saturated carbocycles. The fourth-order valence-corrected chi connectivity index (χ4v) is 3.52. The first kappa shape index (κ1) is 28.5. The van der Waals surface area contributed by atoms with Gasteiger partial charge in [-0.3, -0.25) is 9.59 Å². The van der Waals surface area contributed by atoms with Gasteiger partial charge in [-0.2, -0.15) is 0 Å². The van der Waals surface area contributed by atoms with E-state index in [0.717, 1.165) is 37.7 Å². The molecule has 33 heavy (non-hydrogen) atoms. The van der Waals surface area contributed by atoms with Gasteiger partial charge < -0.3 is 20.3 Å². The predicted octanol–water partition coefficient (Wildman–Crippen LogP) is 4.96. The maximum absolute atomic E-state index is 13.5. The Balaban J connectivity index is 3.17. The van der Waals surface area contributed by atoms with E-state index in [-0.39, 0.29) is 17.9 Å². The van der Waals surface area contributed by atoms with E-state index in [1.165, 1.54) is 0 Å². The number of rotatable bonds is 12. The minimum Gasteiger partial charge on any atom is -0.444 e. The molecule has 1 rings (SSSR count). The van der Waals surface area contributed by atoms with E-state index in [0.29, 0.717) is 6.54 Å². The average Bonchev–Trinajstić information content (AvgIpc) is 2.70. The molecule has 7 heteroatoms. The van der Waals surface area contributed by atoms with Crippen LogP contribution in [0, 0.1) is 0 Å². The molecule has 186 valence electrons. The highest BCUT2D eigenvalue weighted by molar-refractivity contribution is 5.92. The van der Waals surface area contributed by atoms with Crippen molar-refractivity contribution in [3.8, 4) is 0 Å². The maximum Gasteiger partial charge on any atom is 0.408 e. The van der Waals surface area contributed by atoms with Crippen LogP contribution in [-0.2, 0) is 14.3 Å². The van der Waals surface area contributed by atoms with Crippen molar-refractivity contribution in [1.82, 2.24) is 15.5 Å². The number of hydrogen-bond donors (Lipinski definition) is 2. The number of hydrogen-bond acceptors (Lipinski definition) is 4. The smallest absolute Gasteiger partial charge is 0.408 e. The third-order valence-corrected chi connectivity index (χ3v) is 5.00. The van der Waals surface area contributed by atoms with Gasteiger partial charge in [0.15, 0.2) is 0 Å². The van der Waals surface area contributed by atoms with Crippen LogP contribution in [0.4, 0.5) is 4.79 Å². The van der Waals surface area contributed by atoms with Crippen molar-refractivity contribution in [3.05, 3.63) is 35.9 Å². The zero-order valence-electron chi connectivity index (χ0n) is 21.4. The SMILES string of the molecule is CCCCCCCN(C(=O)C(C)NC(=O)OC(C)(C)C)C(C(=O)NC(C)C)c1ccccc1. The second-order valence-corrected chi connectivity index (χ2v) is 9.79. The number of benzene rings is 1. The predicted molar refractivity (Wildman–Crippen MR) is 132 cm³/mol. The lowest BCUT2D eigenvalue weighted by atomic mass is 10.0. The summed E-state index contributed by atoms with van der Waals surface area (Å²) in [5.74, 6) is -0.549. The summed E-state index contributed by atoms with van der Waals surface area (Å²) in [6.07, 6.45) is 4.44. The van der Waals surface area contributed by atoms with Crippen LogP contribution >= 0.6 is 0 Å². The van der Waals surface area contributed by atoms with Gasteiger partial charge in [-0.1, -0.05) is 62.9 Å². The van der Waals surface area contributed by atoms with Gasteiger partial charge in [0.1, 0.15) is 17.7 Å². The Labute approximate surface area is 199 Å². The molecule has 1 aromatic carbocycles. The third-order valence-electron chi connectivity index (χ3n) is 5.00. The summed E-state index contributed by atoms with van der Waals surface area (Å²) >= 11 is 0. The fraction of sp³-hybridized carbons (Fsp3) is 0.654. The molecule has 7 nitrogen and oxygen atoms in total. The number of ether oxygens (including phenoxy) is 1. The number of carbonyl (C=O) groups is 3. The lowest BCUT2D eigenvalue weighted by Gasteiger charge is -2.34. The van der Waals surface area contributed by atoms with Crippen LogP contribution in [0.1, 0.15) is 92.2 Å². The van der Waals surface area contributed by atoms with E-state index in [4.69, 9.17) is 4.74 Å². The molecule has 2 unspecified atom stereocenters. The zero-order valence-corrected chi connectivity index (χ0v) is 21.4. The van der Waals surface area contributed by atoms with Gasteiger partial charge >= 0.3 is 6.09 Å². The van der Waals surface area contributed by atoms with Crippen molar-refractivity contribution in [2.45, 2.75) is 104 Å². The second kappa shape index (κ2) is 13.9. The molecule has 0 aliphatic carbocycles. The number of amides is 3. The zero-order chi connectivity index (χ0) is 25.0. The van der Waals surface area contributed by atoms with Crippen LogP contribution in [0.15, 0.2) is 30.3 Å². The Kier molecular flexibility index (Phi) is 12.0. The van der Waals surface area contributed by atoms with Gasteiger partial charge in [-0.15, -0.1) is 0 Å². The highest BCUT2D eigenvalue weighted by atomic mass is 16.6. The molecule has 0 aliphatic rings. The van der Waals surface area contributed by atoms with Crippen LogP contribution in [0.3, 0.4) is 0 Å². The van der Waals surface area contributed by atoms with Crippen LogP contribution in [-0.4, -0.2) is 47.0 Å². The van der Waals surface area contributed by atoms with Gasteiger partial charge in [-0.25, -0.2) is 4.79 Å². The molecule has 0 saturated heterocycles. The van der Waals surface area contributed by atoms with E-state index in [2.05, 4.69) is 17.6 Å². The molecule has 2 N–H and O–H groups in total. The topological polar surface area (TPSA) is 87.7 Å². The van der Waals surface area contributed by atoms with Crippen LogP contribution in [0.2, 0.25) is 0 Å². The van der Waals surface area contributed by atoms with Crippen molar-refractivity contribution < 1.29 is 19.1 Å². The molecule has 0 radical (unpaired) electrons. The molecule has 0 heterocycles. The van der Waals surface area contributed by atoms with Gasteiger partial charge in [0, 0.05) is 12.6 Å². The van der Waals surface area contributed by atoms with Gasteiger partial charge in [0.2, 0.25) is 11.8 Å². The van der Waals surface area contributed by atoms with E-state index < -0.39 is 23.8 Å². The first-order chi connectivity index (χ1) is 15.5.